The first-order chi connectivity index (χ1) is 21.1. The normalized spacial score (nSPS) is 12.0. The Morgan fingerprint density at radius 3 is 1.09 bits per heavy atom. The highest BCUT2D eigenvalue weighted by atomic mass is 16.5. The van der Waals surface area contributed by atoms with Gasteiger partial charge in [-0.1, -0.05) is 187 Å². The fourth-order valence-electron chi connectivity index (χ4n) is 6.24. The van der Waals surface area contributed by atoms with E-state index in [-0.39, 0.29) is 12.1 Å². The molecule has 0 radical (unpaired) electrons. The molecular weight excluding hydrogens is 532 g/mol. The molecule has 0 aromatic rings. The predicted octanol–water partition coefficient (Wildman–Crippen LogP) is 13.3. The van der Waals surface area contributed by atoms with Crippen molar-refractivity contribution in [3.63, 3.8) is 0 Å². The predicted molar refractivity (Wildman–Crippen MR) is 186 cm³/mol. The van der Waals surface area contributed by atoms with Crippen LogP contribution in [0, 0.1) is 0 Å². The zero-order chi connectivity index (χ0) is 31.5. The van der Waals surface area contributed by atoms with Crippen molar-refractivity contribution < 1.29 is 19.4 Å². The van der Waals surface area contributed by atoms with Crippen LogP contribution in [0.15, 0.2) is 0 Å². The van der Waals surface area contributed by atoms with Crippen molar-refractivity contribution in [1.82, 2.24) is 0 Å². The molecular formula is C39H76O4. The molecule has 0 saturated heterocycles. The molecule has 1 atom stereocenters. The molecule has 0 fully saturated rings. The summed E-state index contributed by atoms with van der Waals surface area (Å²) in [5.74, 6) is -0.671. The number of aliphatic carboxylic acids is 1. The topological polar surface area (TPSA) is 63.6 Å². The highest BCUT2D eigenvalue weighted by Gasteiger charge is 2.13. The SMILES string of the molecule is CCCCCCCCCCCCCCCCCCCCCCCC(=O)OC(CCC)CCCCCCCCCCC(=O)O. The van der Waals surface area contributed by atoms with E-state index in [1.54, 1.807) is 0 Å². The maximum atomic E-state index is 12.4. The Bertz CT molecular complexity index is 576. The van der Waals surface area contributed by atoms with Gasteiger partial charge in [-0.3, -0.25) is 9.59 Å². The highest BCUT2D eigenvalue weighted by molar-refractivity contribution is 5.69. The molecule has 0 heterocycles. The first-order valence-electron chi connectivity index (χ1n) is 19.5. The number of ether oxygens (including phenoxy) is 1. The van der Waals surface area contributed by atoms with Crippen LogP contribution < -0.4 is 0 Å². The van der Waals surface area contributed by atoms with Gasteiger partial charge < -0.3 is 9.84 Å². The molecule has 0 saturated carbocycles. The van der Waals surface area contributed by atoms with Crippen LogP contribution in [0.1, 0.15) is 232 Å². The molecule has 0 aromatic carbocycles. The maximum Gasteiger partial charge on any atom is 0.306 e. The quantitative estimate of drug-likeness (QED) is 0.0567. The van der Waals surface area contributed by atoms with Gasteiger partial charge >= 0.3 is 11.9 Å². The molecule has 0 bridgehead atoms. The number of unbranched alkanes of at least 4 members (excludes halogenated alkanes) is 27. The number of hydrogen-bond donors (Lipinski definition) is 1. The monoisotopic (exact) mass is 609 g/mol. The number of carbonyl (C=O) groups is 2. The second kappa shape index (κ2) is 35.4. The Morgan fingerprint density at radius 2 is 0.744 bits per heavy atom. The third-order valence-electron chi connectivity index (χ3n) is 9.06. The average Bonchev–Trinajstić information content (AvgIpc) is 2.98. The minimum atomic E-state index is -0.682. The van der Waals surface area contributed by atoms with Crippen molar-refractivity contribution in [3.8, 4) is 0 Å². The summed E-state index contributed by atoms with van der Waals surface area (Å²) < 4.78 is 5.84. The summed E-state index contributed by atoms with van der Waals surface area (Å²) in [4.78, 5) is 22.9. The summed E-state index contributed by atoms with van der Waals surface area (Å²) in [5, 5.41) is 8.68. The Labute approximate surface area is 269 Å². The van der Waals surface area contributed by atoms with E-state index in [1.165, 1.54) is 148 Å². The van der Waals surface area contributed by atoms with Gasteiger partial charge in [-0.25, -0.2) is 0 Å². The molecule has 4 heteroatoms. The molecule has 0 spiro atoms. The first-order valence-corrected chi connectivity index (χ1v) is 19.5. The van der Waals surface area contributed by atoms with Crippen LogP contribution in [-0.2, 0) is 14.3 Å². The molecule has 1 N–H and O–H groups in total. The molecule has 1 unspecified atom stereocenters. The van der Waals surface area contributed by atoms with Gasteiger partial charge in [-0.15, -0.1) is 0 Å². The van der Waals surface area contributed by atoms with Gasteiger partial charge in [0.2, 0.25) is 0 Å². The third-order valence-corrected chi connectivity index (χ3v) is 9.06. The lowest BCUT2D eigenvalue weighted by molar-refractivity contribution is -0.150. The lowest BCUT2D eigenvalue weighted by Crippen LogP contribution is -2.18. The van der Waals surface area contributed by atoms with Crippen LogP contribution in [0.4, 0.5) is 0 Å². The van der Waals surface area contributed by atoms with Gasteiger partial charge in [0.05, 0.1) is 0 Å². The van der Waals surface area contributed by atoms with E-state index in [1.807, 2.05) is 0 Å². The molecule has 0 aromatic heterocycles. The number of carboxylic acids is 1. The summed E-state index contributed by atoms with van der Waals surface area (Å²) in [6.07, 6.45) is 41.9. The number of rotatable bonds is 36. The van der Waals surface area contributed by atoms with Gasteiger partial charge in [-0.2, -0.15) is 0 Å². The van der Waals surface area contributed by atoms with Gasteiger partial charge in [0.1, 0.15) is 6.10 Å². The van der Waals surface area contributed by atoms with Crippen LogP contribution in [-0.4, -0.2) is 23.1 Å². The molecule has 0 aliphatic rings. The molecule has 256 valence electrons. The van der Waals surface area contributed by atoms with Crippen LogP contribution in [0.5, 0.6) is 0 Å². The van der Waals surface area contributed by atoms with E-state index >= 15 is 0 Å². The van der Waals surface area contributed by atoms with Crippen molar-refractivity contribution in [1.29, 1.82) is 0 Å². The second-order valence-corrected chi connectivity index (χ2v) is 13.5. The third kappa shape index (κ3) is 35.3. The van der Waals surface area contributed by atoms with E-state index in [0.717, 1.165) is 57.8 Å². The fraction of sp³-hybridized carbons (Fsp3) is 0.949. The minimum absolute atomic E-state index is 0.0117. The van der Waals surface area contributed by atoms with Gasteiger partial charge in [0.15, 0.2) is 0 Å². The minimum Gasteiger partial charge on any atom is -0.481 e. The van der Waals surface area contributed by atoms with E-state index < -0.39 is 5.97 Å². The second-order valence-electron chi connectivity index (χ2n) is 13.5. The summed E-state index contributed by atoms with van der Waals surface area (Å²) in [6, 6.07) is 0. The maximum absolute atomic E-state index is 12.4. The summed E-state index contributed by atoms with van der Waals surface area (Å²) in [6.45, 7) is 4.46. The average molecular weight is 609 g/mol. The lowest BCUT2D eigenvalue weighted by atomic mass is 10.0. The zero-order valence-corrected chi connectivity index (χ0v) is 29.3. The van der Waals surface area contributed by atoms with Crippen molar-refractivity contribution in [2.24, 2.45) is 0 Å². The molecule has 0 aliphatic carbocycles. The number of carboxylic acid groups (broad SMARTS) is 1. The van der Waals surface area contributed by atoms with Crippen LogP contribution in [0.2, 0.25) is 0 Å². The van der Waals surface area contributed by atoms with Crippen molar-refractivity contribution in [2.75, 3.05) is 0 Å². The summed E-state index contributed by atoms with van der Waals surface area (Å²) in [7, 11) is 0. The first kappa shape index (κ1) is 41.9. The van der Waals surface area contributed by atoms with Crippen LogP contribution in [0.25, 0.3) is 0 Å². The fourth-order valence-corrected chi connectivity index (χ4v) is 6.24. The Kier molecular flexibility index (Phi) is 34.5. The Morgan fingerprint density at radius 1 is 0.419 bits per heavy atom. The smallest absolute Gasteiger partial charge is 0.306 e. The molecule has 43 heavy (non-hydrogen) atoms. The van der Waals surface area contributed by atoms with Crippen molar-refractivity contribution >= 4 is 11.9 Å². The summed E-state index contributed by atoms with van der Waals surface area (Å²) in [5.41, 5.74) is 0. The van der Waals surface area contributed by atoms with E-state index in [2.05, 4.69) is 13.8 Å². The highest BCUT2D eigenvalue weighted by Crippen LogP contribution is 2.18. The Hall–Kier alpha value is -1.06. The van der Waals surface area contributed by atoms with Gasteiger partial charge in [0.25, 0.3) is 0 Å². The van der Waals surface area contributed by atoms with Crippen LogP contribution >= 0.6 is 0 Å². The number of carbonyl (C=O) groups excluding carboxylic acids is 1. The largest absolute Gasteiger partial charge is 0.481 e. The lowest BCUT2D eigenvalue weighted by Gasteiger charge is -2.17. The van der Waals surface area contributed by atoms with Gasteiger partial charge in [0, 0.05) is 12.8 Å². The number of esters is 1. The van der Waals surface area contributed by atoms with E-state index in [0.29, 0.717) is 12.8 Å². The molecule has 0 rings (SSSR count). The standard InChI is InChI=1S/C39H76O4/c1-3-5-6-7-8-9-10-11-12-13-14-15-16-17-18-19-20-21-26-29-32-36-39(42)43-37(33-4-2)34-30-27-24-22-23-25-28-31-35-38(40)41/h37H,3-36H2,1-2H3,(H,40,41). The van der Waals surface area contributed by atoms with Gasteiger partial charge in [-0.05, 0) is 32.1 Å². The van der Waals surface area contributed by atoms with E-state index in [9.17, 15) is 9.59 Å². The molecule has 4 nitrogen and oxygen atoms in total. The zero-order valence-electron chi connectivity index (χ0n) is 29.3. The van der Waals surface area contributed by atoms with E-state index in [4.69, 9.17) is 9.84 Å². The van der Waals surface area contributed by atoms with Crippen LogP contribution in [0.3, 0.4) is 0 Å². The molecule has 0 aliphatic heterocycles. The molecule has 0 amide bonds. The number of hydrogen-bond acceptors (Lipinski definition) is 3. The Balaban J connectivity index is 3.44. The van der Waals surface area contributed by atoms with Crippen molar-refractivity contribution in [2.45, 2.75) is 238 Å². The summed E-state index contributed by atoms with van der Waals surface area (Å²) >= 11 is 0. The van der Waals surface area contributed by atoms with Crippen molar-refractivity contribution in [3.05, 3.63) is 0 Å².